The van der Waals surface area contributed by atoms with E-state index in [0.717, 1.165) is 17.0 Å². The van der Waals surface area contributed by atoms with Gasteiger partial charge in [-0.05, 0) is 48.7 Å². The van der Waals surface area contributed by atoms with Crippen LogP contribution in [0.5, 0.6) is 0 Å². The average molecular weight is 335 g/mol. The van der Waals surface area contributed by atoms with Gasteiger partial charge in [0.1, 0.15) is 0 Å². The van der Waals surface area contributed by atoms with Gasteiger partial charge in [0.2, 0.25) is 0 Å². The van der Waals surface area contributed by atoms with Crippen LogP contribution in [0.1, 0.15) is 11.1 Å². The van der Waals surface area contributed by atoms with Gasteiger partial charge in [0.25, 0.3) is 0 Å². The zero-order valence-corrected chi connectivity index (χ0v) is 15.1. The number of rotatable bonds is 3. The third kappa shape index (κ3) is 3.29. The maximum Gasteiger partial charge on any atom is 0.0718 e. The lowest BCUT2D eigenvalue weighted by Gasteiger charge is -2.12. The molecule has 1 aromatic heterocycles. The Labute approximate surface area is 155 Å². The summed E-state index contributed by atoms with van der Waals surface area (Å²) in [7, 11) is 0. The fraction of sp³-hybridized carbons (Fsp3) is 0.0800. The highest BCUT2D eigenvalue weighted by atomic mass is 14.7. The molecule has 3 aromatic carbocycles. The molecule has 0 spiro atoms. The Morgan fingerprint density at radius 3 is 1.85 bits per heavy atom. The number of nitrogens with zero attached hydrogens (tertiary/aromatic N) is 1. The lowest BCUT2D eigenvalue weighted by atomic mass is 9.97. The summed E-state index contributed by atoms with van der Waals surface area (Å²) in [6.07, 6.45) is 0. The maximum absolute atomic E-state index is 5.00. The first-order valence-corrected chi connectivity index (χ1v) is 8.91. The number of pyridine rings is 1. The molecule has 1 nitrogen and oxygen atoms in total. The van der Waals surface area contributed by atoms with Crippen molar-refractivity contribution in [1.82, 2.24) is 4.98 Å². The van der Waals surface area contributed by atoms with Gasteiger partial charge in [0.15, 0.2) is 0 Å². The van der Waals surface area contributed by atoms with Crippen LogP contribution in [0.25, 0.3) is 33.6 Å². The smallest absolute Gasteiger partial charge is 0.0718 e. The van der Waals surface area contributed by atoms with Gasteiger partial charge in [-0.15, -0.1) is 0 Å². The van der Waals surface area contributed by atoms with Crippen LogP contribution in [0.4, 0.5) is 0 Å². The number of aromatic nitrogens is 1. The SMILES string of the molecule is Cc1ccc(C)c(-c2cc(-c3ccccc3)cc(-c3ccccc3)n2)c1. The fourth-order valence-electron chi connectivity index (χ4n) is 3.23. The van der Waals surface area contributed by atoms with Crippen LogP contribution in [0, 0.1) is 13.8 Å². The second-order valence-electron chi connectivity index (χ2n) is 6.68. The van der Waals surface area contributed by atoms with E-state index in [-0.39, 0.29) is 0 Å². The number of hydrogen-bond donors (Lipinski definition) is 0. The van der Waals surface area contributed by atoms with E-state index in [1.807, 2.05) is 6.07 Å². The van der Waals surface area contributed by atoms with Crippen LogP contribution in [0.3, 0.4) is 0 Å². The van der Waals surface area contributed by atoms with Crippen molar-refractivity contribution in [3.05, 3.63) is 102 Å². The molecule has 0 aliphatic heterocycles. The van der Waals surface area contributed by atoms with Crippen molar-refractivity contribution in [2.75, 3.05) is 0 Å². The van der Waals surface area contributed by atoms with Crippen molar-refractivity contribution in [2.24, 2.45) is 0 Å². The molecule has 0 saturated heterocycles. The Morgan fingerprint density at radius 1 is 0.538 bits per heavy atom. The Morgan fingerprint density at radius 2 is 1.15 bits per heavy atom. The van der Waals surface area contributed by atoms with Crippen molar-refractivity contribution in [3.63, 3.8) is 0 Å². The van der Waals surface area contributed by atoms with Crippen molar-refractivity contribution in [2.45, 2.75) is 13.8 Å². The van der Waals surface area contributed by atoms with Crippen LogP contribution in [0.15, 0.2) is 91.0 Å². The van der Waals surface area contributed by atoms with Crippen LogP contribution < -0.4 is 0 Å². The molecule has 0 saturated carbocycles. The number of benzene rings is 3. The molecule has 0 amide bonds. The molecule has 4 aromatic rings. The highest BCUT2D eigenvalue weighted by Crippen LogP contribution is 2.31. The van der Waals surface area contributed by atoms with Gasteiger partial charge in [-0.2, -0.15) is 0 Å². The van der Waals surface area contributed by atoms with E-state index in [9.17, 15) is 0 Å². The monoisotopic (exact) mass is 335 g/mol. The Kier molecular flexibility index (Phi) is 4.37. The number of aryl methyl sites for hydroxylation is 2. The van der Waals surface area contributed by atoms with E-state index in [2.05, 4.69) is 98.8 Å². The topological polar surface area (TPSA) is 12.9 Å². The van der Waals surface area contributed by atoms with Crippen molar-refractivity contribution >= 4 is 0 Å². The van der Waals surface area contributed by atoms with Gasteiger partial charge in [0, 0.05) is 11.1 Å². The normalized spacial score (nSPS) is 10.7. The quantitative estimate of drug-likeness (QED) is 0.406. The predicted octanol–water partition coefficient (Wildman–Crippen LogP) is 6.70. The lowest BCUT2D eigenvalue weighted by Crippen LogP contribution is -1.93. The Balaban J connectivity index is 1.95. The first-order valence-electron chi connectivity index (χ1n) is 8.91. The van der Waals surface area contributed by atoms with E-state index in [4.69, 9.17) is 4.98 Å². The maximum atomic E-state index is 5.00. The molecule has 0 aliphatic rings. The molecule has 1 heterocycles. The molecule has 1 heteroatoms. The second-order valence-corrected chi connectivity index (χ2v) is 6.68. The lowest BCUT2D eigenvalue weighted by molar-refractivity contribution is 1.29. The Bertz CT molecular complexity index is 976. The summed E-state index contributed by atoms with van der Waals surface area (Å²) < 4.78 is 0. The Hall–Kier alpha value is -3.19. The van der Waals surface area contributed by atoms with Crippen LogP contribution in [0.2, 0.25) is 0 Å². The predicted molar refractivity (Wildman–Crippen MR) is 110 cm³/mol. The molecule has 26 heavy (non-hydrogen) atoms. The zero-order valence-electron chi connectivity index (χ0n) is 15.1. The molecular formula is C25H21N. The number of hydrogen-bond acceptors (Lipinski definition) is 1. The van der Waals surface area contributed by atoms with Gasteiger partial charge < -0.3 is 0 Å². The third-order valence-corrected chi connectivity index (χ3v) is 4.67. The second kappa shape index (κ2) is 6.97. The molecule has 0 N–H and O–H groups in total. The van der Waals surface area contributed by atoms with E-state index in [1.54, 1.807) is 0 Å². The fourth-order valence-corrected chi connectivity index (χ4v) is 3.23. The van der Waals surface area contributed by atoms with E-state index in [1.165, 1.54) is 27.8 Å². The zero-order chi connectivity index (χ0) is 17.9. The first-order chi connectivity index (χ1) is 12.7. The summed E-state index contributed by atoms with van der Waals surface area (Å²) in [5, 5.41) is 0. The summed E-state index contributed by atoms with van der Waals surface area (Å²) in [6.45, 7) is 4.27. The van der Waals surface area contributed by atoms with E-state index in [0.29, 0.717) is 0 Å². The summed E-state index contributed by atoms with van der Waals surface area (Å²) in [5.74, 6) is 0. The largest absolute Gasteiger partial charge is 0.248 e. The van der Waals surface area contributed by atoms with Gasteiger partial charge >= 0.3 is 0 Å². The first kappa shape index (κ1) is 16.3. The molecule has 126 valence electrons. The van der Waals surface area contributed by atoms with E-state index < -0.39 is 0 Å². The molecular weight excluding hydrogens is 314 g/mol. The molecule has 4 rings (SSSR count). The van der Waals surface area contributed by atoms with Gasteiger partial charge in [-0.3, -0.25) is 0 Å². The van der Waals surface area contributed by atoms with Crippen LogP contribution in [-0.2, 0) is 0 Å². The third-order valence-electron chi connectivity index (χ3n) is 4.67. The molecule has 0 unspecified atom stereocenters. The molecule has 0 bridgehead atoms. The molecule has 0 fully saturated rings. The van der Waals surface area contributed by atoms with Crippen molar-refractivity contribution < 1.29 is 0 Å². The van der Waals surface area contributed by atoms with Crippen molar-refractivity contribution in [1.29, 1.82) is 0 Å². The van der Waals surface area contributed by atoms with Crippen molar-refractivity contribution in [3.8, 4) is 33.6 Å². The summed E-state index contributed by atoms with van der Waals surface area (Å²) in [6, 6.07) is 31.8. The van der Waals surface area contributed by atoms with Crippen LogP contribution >= 0.6 is 0 Å². The summed E-state index contributed by atoms with van der Waals surface area (Å²) in [4.78, 5) is 5.00. The van der Waals surface area contributed by atoms with Gasteiger partial charge in [-0.25, -0.2) is 4.98 Å². The highest BCUT2D eigenvalue weighted by Gasteiger charge is 2.10. The van der Waals surface area contributed by atoms with E-state index >= 15 is 0 Å². The summed E-state index contributed by atoms with van der Waals surface area (Å²) in [5.41, 5.74) is 9.24. The standard InChI is InChI=1S/C25H21N/c1-18-13-14-19(2)23(15-18)25-17-22(20-9-5-3-6-10-20)16-24(26-25)21-11-7-4-8-12-21/h3-17H,1-2H3. The highest BCUT2D eigenvalue weighted by molar-refractivity contribution is 5.77. The summed E-state index contributed by atoms with van der Waals surface area (Å²) >= 11 is 0. The van der Waals surface area contributed by atoms with Gasteiger partial charge in [0.05, 0.1) is 11.4 Å². The minimum Gasteiger partial charge on any atom is -0.248 e. The molecule has 0 aliphatic carbocycles. The van der Waals surface area contributed by atoms with Crippen LogP contribution in [-0.4, -0.2) is 4.98 Å². The minimum absolute atomic E-state index is 1.00. The average Bonchev–Trinajstić information content (AvgIpc) is 2.71. The van der Waals surface area contributed by atoms with Gasteiger partial charge in [-0.1, -0.05) is 78.4 Å². The molecule has 0 atom stereocenters. The minimum atomic E-state index is 1.00. The molecule has 0 radical (unpaired) electrons.